The third kappa shape index (κ3) is 2.60. The van der Waals surface area contributed by atoms with Crippen molar-refractivity contribution < 1.29 is 9.21 Å². The maximum atomic E-state index is 13.0. The number of nitrogens with one attached hydrogen (secondary N) is 1. The minimum Gasteiger partial charge on any atom is -0.446 e. The van der Waals surface area contributed by atoms with E-state index < -0.39 is 0 Å². The molecule has 0 saturated heterocycles. The Balaban J connectivity index is 1.58. The third-order valence-corrected chi connectivity index (χ3v) is 4.81. The van der Waals surface area contributed by atoms with Crippen molar-refractivity contribution in [1.29, 1.82) is 0 Å². The van der Waals surface area contributed by atoms with Crippen LogP contribution < -0.4 is 0 Å². The Labute approximate surface area is 154 Å². The second kappa shape index (κ2) is 6.21. The number of carbonyl (C=O) groups is 1. The molecule has 1 aliphatic rings. The van der Waals surface area contributed by atoms with Gasteiger partial charge in [-0.15, -0.1) is 0 Å². The maximum absolute atomic E-state index is 13.0. The predicted molar refractivity (Wildman–Crippen MR) is 96.5 cm³/mol. The zero-order valence-corrected chi connectivity index (χ0v) is 14.2. The summed E-state index contributed by atoms with van der Waals surface area (Å²) in [7, 11) is 0. The zero-order chi connectivity index (χ0) is 18.2. The van der Waals surface area contributed by atoms with Crippen LogP contribution in [0.25, 0.3) is 11.1 Å². The van der Waals surface area contributed by atoms with Gasteiger partial charge >= 0.3 is 0 Å². The van der Waals surface area contributed by atoms with Crippen LogP contribution in [0.4, 0.5) is 0 Å². The Morgan fingerprint density at radius 3 is 2.70 bits per heavy atom. The van der Waals surface area contributed by atoms with Crippen LogP contribution >= 0.6 is 0 Å². The van der Waals surface area contributed by atoms with Crippen LogP contribution in [-0.2, 0) is 6.54 Å². The molecular weight excluding hydrogens is 342 g/mol. The van der Waals surface area contributed by atoms with Crippen molar-refractivity contribution in [2.24, 2.45) is 0 Å². The van der Waals surface area contributed by atoms with Gasteiger partial charge in [0.1, 0.15) is 11.7 Å². The van der Waals surface area contributed by atoms with Crippen LogP contribution in [0.2, 0.25) is 0 Å². The molecular formula is C20H15N5O2. The molecule has 4 heterocycles. The van der Waals surface area contributed by atoms with Crippen LogP contribution in [0.15, 0.2) is 72.3 Å². The first kappa shape index (κ1) is 15.5. The summed E-state index contributed by atoms with van der Waals surface area (Å²) in [5, 5.41) is 0. The molecule has 1 amide bonds. The molecule has 27 heavy (non-hydrogen) atoms. The van der Waals surface area contributed by atoms with E-state index in [1.807, 2.05) is 12.1 Å². The highest BCUT2D eigenvalue weighted by molar-refractivity contribution is 5.93. The Bertz CT molecular complexity index is 1080. The number of aromatic amines is 1. The van der Waals surface area contributed by atoms with E-state index in [1.54, 1.807) is 23.5 Å². The van der Waals surface area contributed by atoms with Gasteiger partial charge in [0, 0.05) is 18.9 Å². The second-order valence-electron chi connectivity index (χ2n) is 6.35. The Morgan fingerprint density at radius 1 is 1.07 bits per heavy atom. The standard InChI is InChI=1S/C20H15N5O2/c26-20(17-8-22-11-24-17)25-10-15-7-14(13-3-5-21-6-4-13)1-2-16(15)19(25)18-9-23-12-27-18/h1-9,11-12,19H,10H2,(H,22,24). The SMILES string of the molecule is O=C(c1cnc[nH]1)N1Cc2cc(-c3ccncc3)ccc2C1c1cnco1. The van der Waals surface area contributed by atoms with E-state index in [9.17, 15) is 4.79 Å². The van der Waals surface area contributed by atoms with Gasteiger partial charge in [0.25, 0.3) is 5.91 Å². The zero-order valence-electron chi connectivity index (χ0n) is 14.2. The highest BCUT2D eigenvalue weighted by Crippen LogP contribution is 2.40. The highest BCUT2D eigenvalue weighted by atomic mass is 16.3. The molecule has 0 spiro atoms. The fourth-order valence-corrected chi connectivity index (χ4v) is 3.56. The number of carbonyl (C=O) groups excluding carboxylic acids is 1. The van der Waals surface area contributed by atoms with Gasteiger partial charge in [-0.1, -0.05) is 12.1 Å². The molecule has 0 fully saturated rings. The van der Waals surface area contributed by atoms with Crippen molar-refractivity contribution in [3.63, 3.8) is 0 Å². The van der Waals surface area contributed by atoms with E-state index in [-0.39, 0.29) is 11.9 Å². The molecule has 4 aromatic rings. The maximum Gasteiger partial charge on any atom is 0.273 e. The van der Waals surface area contributed by atoms with Crippen LogP contribution in [0, 0.1) is 0 Å². The van der Waals surface area contributed by atoms with Gasteiger partial charge in [-0.3, -0.25) is 9.78 Å². The number of aromatic nitrogens is 4. The first-order valence-corrected chi connectivity index (χ1v) is 8.52. The summed E-state index contributed by atoms with van der Waals surface area (Å²) in [5.74, 6) is 0.508. The van der Waals surface area contributed by atoms with Crippen molar-refractivity contribution in [1.82, 2.24) is 24.8 Å². The molecule has 1 aromatic carbocycles. The molecule has 0 radical (unpaired) electrons. The molecule has 7 nitrogen and oxygen atoms in total. The minimum atomic E-state index is -0.315. The second-order valence-corrected chi connectivity index (χ2v) is 6.35. The van der Waals surface area contributed by atoms with Gasteiger partial charge in [0.05, 0.1) is 18.7 Å². The van der Waals surface area contributed by atoms with E-state index in [2.05, 4.69) is 38.1 Å². The summed E-state index contributed by atoms with van der Waals surface area (Å²) in [6.45, 7) is 0.484. The molecule has 3 aromatic heterocycles. The number of H-pyrrole nitrogens is 1. The van der Waals surface area contributed by atoms with E-state index in [1.165, 1.54) is 18.9 Å². The van der Waals surface area contributed by atoms with Crippen molar-refractivity contribution in [2.45, 2.75) is 12.6 Å². The minimum absolute atomic E-state index is 0.129. The van der Waals surface area contributed by atoms with Crippen molar-refractivity contribution in [3.8, 4) is 11.1 Å². The lowest BCUT2D eigenvalue weighted by Crippen LogP contribution is -2.30. The van der Waals surface area contributed by atoms with Crippen molar-refractivity contribution >= 4 is 5.91 Å². The van der Waals surface area contributed by atoms with Gasteiger partial charge < -0.3 is 14.3 Å². The van der Waals surface area contributed by atoms with Crippen LogP contribution in [-0.4, -0.2) is 30.7 Å². The monoisotopic (exact) mass is 357 g/mol. The summed E-state index contributed by atoms with van der Waals surface area (Å²) in [6, 6.07) is 9.86. The lowest BCUT2D eigenvalue weighted by Gasteiger charge is -2.22. The number of nitrogens with zero attached hydrogens (tertiary/aromatic N) is 4. The summed E-state index contributed by atoms with van der Waals surface area (Å²) in [6.07, 6.45) is 9.62. The van der Waals surface area contributed by atoms with E-state index in [0.29, 0.717) is 18.0 Å². The Hall–Kier alpha value is -3.74. The van der Waals surface area contributed by atoms with Gasteiger partial charge in [-0.25, -0.2) is 9.97 Å². The molecule has 7 heteroatoms. The topological polar surface area (TPSA) is 87.9 Å². The Kier molecular flexibility index (Phi) is 3.57. The molecule has 0 aliphatic carbocycles. The summed E-state index contributed by atoms with van der Waals surface area (Å²) in [4.78, 5) is 29.7. The van der Waals surface area contributed by atoms with Crippen molar-refractivity contribution in [2.75, 3.05) is 0 Å². The molecule has 0 bridgehead atoms. The predicted octanol–water partition coefficient (Wildman–Crippen LogP) is 3.21. The van der Waals surface area contributed by atoms with E-state index >= 15 is 0 Å². The van der Waals surface area contributed by atoms with Gasteiger partial charge in [-0.05, 0) is 40.5 Å². The number of amides is 1. The molecule has 1 N–H and O–H groups in total. The Morgan fingerprint density at radius 2 is 1.96 bits per heavy atom. The molecule has 1 atom stereocenters. The number of pyridine rings is 1. The van der Waals surface area contributed by atoms with Crippen LogP contribution in [0.1, 0.15) is 33.4 Å². The fourth-order valence-electron chi connectivity index (χ4n) is 3.56. The lowest BCUT2D eigenvalue weighted by molar-refractivity contribution is 0.0698. The van der Waals surface area contributed by atoms with Gasteiger partial charge in [0.15, 0.2) is 12.2 Å². The number of rotatable bonds is 3. The third-order valence-electron chi connectivity index (χ3n) is 4.81. The molecule has 1 aliphatic heterocycles. The molecule has 5 rings (SSSR count). The van der Waals surface area contributed by atoms with E-state index in [0.717, 1.165) is 22.3 Å². The molecule has 132 valence electrons. The van der Waals surface area contributed by atoms with Crippen LogP contribution in [0.3, 0.4) is 0 Å². The van der Waals surface area contributed by atoms with Crippen molar-refractivity contribution in [3.05, 3.63) is 90.4 Å². The first-order chi connectivity index (χ1) is 13.3. The smallest absolute Gasteiger partial charge is 0.273 e. The largest absolute Gasteiger partial charge is 0.446 e. The fraction of sp³-hybridized carbons (Fsp3) is 0.100. The van der Waals surface area contributed by atoms with Gasteiger partial charge in [0.2, 0.25) is 0 Å². The number of imidazole rings is 1. The highest BCUT2D eigenvalue weighted by Gasteiger charge is 2.37. The number of oxazole rings is 1. The number of hydrogen-bond acceptors (Lipinski definition) is 5. The number of benzene rings is 1. The average molecular weight is 357 g/mol. The lowest BCUT2D eigenvalue weighted by atomic mass is 9.98. The first-order valence-electron chi connectivity index (χ1n) is 8.52. The van der Waals surface area contributed by atoms with E-state index in [4.69, 9.17) is 4.42 Å². The molecule has 0 saturated carbocycles. The number of fused-ring (bicyclic) bond motifs is 1. The summed E-state index contributed by atoms with van der Waals surface area (Å²) in [5.41, 5.74) is 4.74. The van der Waals surface area contributed by atoms with Crippen LogP contribution in [0.5, 0.6) is 0 Å². The molecule has 1 unspecified atom stereocenters. The quantitative estimate of drug-likeness (QED) is 0.608. The average Bonchev–Trinajstić information content (AvgIpc) is 3.47. The summed E-state index contributed by atoms with van der Waals surface area (Å²) >= 11 is 0. The number of hydrogen-bond donors (Lipinski definition) is 1. The normalized spacial score (nSPS) is 15.7. The van der Waals surface area contributed by atoms with Gasteiger partial charge in [-0.2, -0.15) is 0 Å². The summed E-state index contributed by atoms with van der Waals surface area (Å²) < 4.78 is 5.55.